The predicted molar refractivity (Wildman–Crippen MR) is 98.3 cm³/mol. The van der Waals surface area contributed by atoms with Crippen LogP contribution >= 0.6 is 0 Å². The number of hydrogen-bond acceptors (Lipinski definition) is 5. The first kappa shape index (κ1) is 18.4. The van der Waals surface area contributed by atoms with Crippen LogP contribution in [0.3, 0.4) is 0 Å². The molecule has 0 unspecified atom stereocenters. The number of hydrogen-bond donors (Lipinski definition) is 2. The first-order valence-corrected chi connectivity index (χ1v) is 8.48. The lowest BCUT2D eigenvalue weighted by molar-refractivity contribution is -0.119. The van der Waals surface area contributed by atoms with E-state index in [-0.39, 0.29) is 17.2 Å². The van der Waals surface area contributed by atoms with Crippen LogP contribution in [0, 0.1) is 0 Å². The third kappa shape index (κ3) is 4.05. The second-order valence-corrected chi connectivity index (χ2v) is 6.08. The Balaban J connectivity index is 1.86. The summed E-state index contributed by atoms with van der Waals surface area (Å²) in [6, 6.07) is 7.51. The van der Waals surface area contributed by atoms with Gasteiger partial charge in [0.25, 0.3) is 5.91 Å². The van der Waals surface area contributed by atoms with Gasteiger partial charge in [0, 0.05) is 24.8 Å². The van der Waals surface area contributed by atoms with E-state index in [4.69, 9.17) is 9.84 Å². The summed E-state index contributed by atoms with van der Waals surface area (Å²) in [6.45, 7) is 0.592. The summed E-state index contributed by atoms with van der Waals surface area (Å²) in [5.74, 6) is -1.13. The molecule has 2 heterocycles. The molecule has 2 aromatic rings. The van der Waals surface area contributed by atoms with E-state index < -0.39 is 11.9 Å². The van der Waals surface area contributed by atoms with E-state index >= 15 is 0 Å². The van der Waals surface area contributed by atoms with Crippen molar-refractivity contribution in [2.45, 2.75) is 19.3 Å². The molecule has 1 saturated heterocycles. The van der Waals surface area contributed by atoms with E-state index in [1.807, 2.05) is 0 Å². The molecule has 1 aromatic carbocycles. The molecule has 0 aliphatic carbocycles. The molecule has 0 spiro atoms. The van der Waals surface area contributed by atoms with Gasteiger partial charge in [-0.2, -0.15) is 0 Å². The van der Waals surface area contributed by atoms with E-state index in [0.717, 1.165) is 12.8 Å². The number of carbonyl (C=O) groups excluding carboxylic acids is 2. The molecule has 8 nitrogen and oxygen atoms in total. The summed E-state index contributed by atoms with van der Waals surface area (Å²) in [6.07, 6.45) is 3.51. The summed E-state index contributed by atoms with van der Waals surface area (Å²) in [4.78, 5) is 41.3. The topological polar surface area (TPSA) is 109 Å². The van der Waals surface area contributed by atoms with Crippen molar-refractivity contribution >= 4 is 29.2 Å². The number of rotatable bonds is 5. The second kappa shape index (κ2) is 7.86. The number of anilines is 2. The van der Waals surface area contributed by atoms with Crippen LogP contribution in [0.15, 0.2) is 36.5 Å². The highest BCUT2D eigenvalue weighted by atomic mass is 16.5. The lowest BCUT2D eigenvalue weighted by atomic mass is 10.1. The number of benzene rings is 1. The van der Waals surface area contributed by atoms with Crippen molar-refractivity contribution in [3.8, 4) is 5.75 Å². The highest BCUT2D eigenvalue weighted by Gasteiger charge is 2.23. The van der Waals surface area contributed by atoms with Crippen molar-refractivity contribution in [1.82, 2.24) is 4.98 Å². The minimum absolute atomic E-state index is 0.0127. The lowest BCUT2D eigenvalue weighted by Gasteiger charge is -2.28. The average Bonchev–Trinajstić information content (AvgIpc) is 2.68. The summed E-state index contributed by atoms with van der Waals surface area (Å²) in [7, 11) is 1.52. The SMILES string of the molecule is COc1ccc(NC(=O)c2cc(C(=O)O)ccn2)cc1N1CCCCC1=O. The lowest BCUT2D eigenvalue weighted by Crippen LogP contribution is -2.35. The molecular weight excluding hydrogens is 350 g/mol. The van der Waals surface area contributed by atoms with E-state index in [9.17, 15) is 14.4 Å². The van der Waals surface area contributed by atoms with Crippen molar-refractivity contribution in [3.05, 3.63) is 47.8 Å². The van der Waals surface area contributed by atoms with Crippen molar-refractivity contribution in [1.29, 1.82) is 0 Å². The zero-order valence-corrected chi connectivity index (χ0v) is 14.8. The smallest absolute Gasteiger partial charge is 0.335 e. The number of aromatic nitrogens is 1. The van der Waals surface area contributed by atoms with Gasteiger partial charge in [-0.3, -0.25) is 14.6 Å². The Hall–Kier alpha value is -3.42. The van der Waals surface area contributed by atoms with Gasteiger partial charge < -0.3 is 20.1 Å². The van der Waals surface area contributed by atoms with E-state index in [1.54, 1.807) is 23.1 Å². The number of carboxylic acid groups (broad SMARTS) is 1. The molecule has 2 amide bonds. The van der Waals surface area contributed by atoms with Crippen LogP contribution in [0.5, 0.6) is 5.75 Å². The predicted octanol–water partition coefficient (Wildman–Crippen LogP) is 2.56. The molecule has 2 N–H and O–H groups in total. The minimum atomic E-state index is -1.14. The summed E-state index contributed by atoms with van der Waals surface area (Å²) >= 11 is 0. The summed E-state index contributed by atoms with van der Waals surface area (Å²) < 4.78 is 5.35. The molecule has 8 heteroatoms. The molecule has 3 rings (SSSR count). The Labute approximate surface area is 155 Å². The van der Waals surface area contributed by atoms with Crippen LogP contribution < -0.4 is 15.0 Å². The Bertz CT molecular complexity index is 897. The fourth-order valence-electron chi connectivity index (χ4n) is 2.92. The van der Waals surface area contributed by atoms with Gasteiger partial charge in [-0.1, -0.05) is 0 Å². The molecule has 140 valence electrons. The Morgan fingerprint density at radius 3 is 2.74 bits per heavy atom. The minimum Gasteiger partial charge on any atom is -0.495 e. The quantitative estimate of drug-likeness (QED) is 0.838. The molecule has 1 aromatic heterocycles. The highest BCUT2D eigenvalue weighted by Crippen LogP contribution is 2.33. The summed E-state index contributed by atoms with van der Waals surface area (Å²) in [5.41, 5.74) is 1.01. The van der Waals surface area contributed by atoms with Crippen molar-refractivity contribution < 1.29 is 24.2 Å². The monoisotopic (exact) mass is 369 g/mol. The van der Waals surface area contributed by atoms with Gasteiger partial charge in [0.15, 0.2) is 0 Å². The van der Waals surface area contributed by atoms with E-state index in [2.05, 4.69) is 10.3 Å². The fraction of sp³-hybridized carbons (Fsp3) is 0.263. The normalized spacial score (nSPS) is 14.0. The Kier molecular flexibility index (Phi) is 5.35. The van der Waals surface area contributed by atoms with Gasteiger partial charge in [0.05, 0.1) is 18.4 Å². The fourth-order valence-corrected chi connectivity index (χ4v) is 2.92. The third-order valence-corrected chi connectivity index (χ3v) is 4.29. The number of methoxy groups -OCH3 is 1. The molecule has 1 aliphatic rings. The Morgan fingerprint density at radius 1 is 1.22 bits per heavy atom. The van der Waals surface area contributed by atoms with Crippen LogP contribution in [0.25, 0.3) is 0 Å². The number of carbonyl (C=O) groups is 3. The maximum Gasteiger partial charge on any atom is 0.335 e. The number of pyridine rings is 1. The average molecular weight is 369 g/mol. The summed E-state index contributed by atoms with van der Waals surface area (Å²) in [5, 5.41) is 11.7. The first-order valence-electron chi connectivity index (χ1n) is 8.48. The maximum absolute atomic E-state index is 12.4. The number of carboxylic acids is 1. The van der Waals surface area contributed by atoms with Gasteiger partial charge in [0.1, 0.15) is 11.4 Å². The van der Waals surface area contributed by atoms with Crippen molar-refractivity contribution in [3.63, 3.8) is 0 Å². The van der Waals surface area contributed by atoms with Gasteiger partial charge in [-0.15, -0.1) is 0 Å². The molecular formula is C19H19N3O5. The molecule has 27 heavy (non-hydrogen) atoms. The standard InChI is InChI=1S/C19H19N3O5/c1-27-16-6-5-13(11-15(16)22-9-3-2-4-17(22)23)21-18(24)14-10-12(19(25)26)7-8-20-14/h5-8,10-11H,2-4,9H2,1H3,(H,21,24)(H,25,26). The molecule has 0 atom stereocenters. The van der Waals surface area contributed by atoms with Crippen molar-refractivity contribution in [2.24, 2.45) is 0 Å². The van der Waals surface area contributed by atoms with Crippen LogP contribution in [0.2, 0.25) is 0 Å². The van der Waals surface area contributed by atoms with Crippen LogP contribution in [-0.2, 0) is 4.79 Å². The van der Waals surface area contributed by atoms with Crippen LogP contribution in [0.1, 0.15) is 40.1 Å². The van der Waals surface area contributed by atoms with Gasteiger partial charge in [-0.25, -0.2) is 4.79 Å². The highest BCUT2D eigenvalue weighted by molar-refractivity contribution is 6.05. The van der Waals surface area contributed by atoms with Gasteiger partial charge in [0.2, 0.25) is 5.91 Å². The maximum atomic E-state index is 12.4. The van der Waals surface area contributed by atoms with Gasteiger partial charge >= 0.3 is 5.97 Å². The molecule has 0 bridgehead atoms. The molecule has 1 aliphatic heterocycles. The number of nitrogens with one attached hydrogen (secondary N) is 1. The number of nitrogens with zero attached hydrogens (tertiary/aromatic N) is 2. The number of ether oxygens (including phenoxy) is 1. The third-order valence-electron chi connectivity index (χ3n) is 4.29. The van der Waals surface area contributed by atoms with Crippen molar-refractivity contribution in [2.75, 3.05) is 23.9 Å². The number of amides is 2. The van der Waals surface area contributed by atoms with Gasteiger partial charge in [-0.05, 0) is 43.2 Å². The second-order valence-electron chi connectivity index (χ2n) is 6.08. The van der Waals surface area contributed by atoms with E-state index in [0.29, 0.717) is 30.1 Å². The van der Waals surface area contributed by atoms with Crippen LogP contribution in [-0.4, -0.2) is 41.5 Å². The largest absolute Gasteiger partial charge is 0.495 e. The number of aromatic carboxylic acids is 1. The van der Waals surface area contributed by atoms with E-state index in [1.165, 1.54) is 25.4 Å². The number of piperidine rings is 1. The zero-order valence-electron chi connectivity index (χ0n) is 14.8. The zero-order chi connectivity index (χ0) is 19.4. The molecule has 1 fully saturated rings. The van der Waals surface area contributed by atoms with Crippen LogP contribution in [0.4, 0.5) is 11.4 Å². The Morgan fingerprint density at radius 2 is 2.04 bits per heavy atom. The molecule has 0 saturated carbocycles. The molecule has 0 radical (unpaired) electrons. The first-order chi connectivity index (χ1) is 13.0.